The highest BCUT2D eigenvalue weighted by Crippen LogP contribution is 2.28. The molecule has 0 saturated carbocycles. The van der Waals surface area contributed by atoms with Crippen LogP contribution in [0.25, 0.3) is 39.7 Å². The monoisotopic (exact) mass is 485 g/mol. The Bertz CT molecular complexity index is 1530. The van der Waals surface area contributed by atoms with Gasteiger partial charge >= 0.3 is 0 Å². The zero-order valence-corrected chi connectivity index (χ0v) is 20.2. The maximum Gasteiger partial charge on any atom is 0.182 e. The summed E-state index contributed by atoms with van der Waals surface area (Å²) in [5, 5.41) is 12.1. The van der Waals surface area contributed by atoms with E-state index in [2.05, 4.69) is 65.2 Å². The smallest absolute Gasteiger partial charge is 0.182 e. The highest BCUT2D eigenvalue weighted by Gasteiger charge is 2.23. The molecule has 5 aromatic rings. The molecule has 4 aromatic carbocycles. The second-order valence-corrected chi connectivity index (χ2v) is 8.93. The minimum Gasteiger partial charge on any atom is -0.352 e. The molecule has 36 heavy (non-hydrogen) atoms. The summed E-state index contributed by atoms with van der Waals surface area (Å²) in [5.74, 6) is 2.17. The lowest BCUT2D eigenvalue weighted by molar-refractivity contribution is 0.733. The first-order valence-electron chi connectivity index (χ1n) is 11.8. The van der Waals surface area contributed by atoms with Crippen LogP contribution in [0.2, 0.25) is 0 Å². The molecule has 0 spiro atoms. The molecule has 1 aromatic heterocycles. The van der Waals surface area contributed by atoms with Crippen LogP contribution in [0.5, 0.6) is 0 Å². The molecule has 0 aliphatic carbocycles. The predicted molar refractivity (Wildman–Crippen MR) is 149 cm³/mol. The second-order valence-electron chi connectivity index (χ2n) is 8.52. The van der Waals surface area contributed by atoms with Gasteiger partial charge in [-0.25, -0.2) is 4.98 Å². The van der Waals surface area contributed by atoms with Crippen LogP contribution in [0, 0.1) is 0 Å². The lowest BCUT2D eigenvalue weighted by Gasteiger charge is -2.26. The summed E-state index contributed by atoms with van der Waals surface area (Å²) in [5.41, 5.74) is 5.41. The number of nitrogens with zero attached hydrogens (tertiary/aromatic N) is 3. The summed E-state index contributed by atoms with van der Waals surface area (Å²) in [4.78, 5) is 4.90. The molecule has 174 valence electrons. The number of hydrogen-bond donors (Lipinski definition) is 2. The van der Waals surface area contributed by atoms with Crippen molar-refractivity contribution in [2.75, 3.05) is 0 Å². The quantitative estimate of drug-likeness (QED) is 0.286. The Morgan fingerprint density at radius 1 is 0.639 bits per heavy atom. The largest absolute Gasteiger partial charge is 0.352 e. The summed E-state index contributed by atoms with van der Waals surface area (Å²) in [6, 6.07) is 38.9. The van der Waals surface area contributed by atoms with Gasteiger partial charge in [-0.05, 0) is 35.0 Å². The third-order valence-electron chi connectivity index (χ3n) is 6.13. The first kappa shape index (κ1) is 21.9. The number of nitrogens with one attached hydrogen (secondary N) is 2. The number of aromatic nitrogens is 3. The van der Waals surface area contributed by atoms with Crippen molar-refractivity contribution in [3.63, 3.8) is 0 Å². The Kier molecular flexibility index (Phi) is 5.85. The Hall–Kier alpha value is -4.55. The molecular formula is C30H23N5S. The molecule has 0 amide bonds. The summed E-state index contributed by atoms with van der Waals surface area (Å²) < 4.78 is 1.84. The van der Waals surface area contributed by atoms with Gasteiger partial charge in [-0.3, -0.25) is 0 Å². The molecule has 2 N–H and O–H groups in total. The molecule has 0 saturated heterocycles. The van der Waals surface area contributed by atoms with Gasteiger partial charge in [0.1, 0.15) is 5.82 Å². The van der Waals surface area contributed by atoms with Gasteiger partial charge in [0.15, 0.2) is 16.8 Å². The fourth-order valence-electron chi connectivity index (χ4n) is 4.32. The third-order valence-corrected chi connectivity index (χ3v) is 6.35. The number of hydrogen-bond acceptors (Lipinski definition) is 3. The van der Waals surface area contributed by atoms with Gasteiger partial charge in [-0.2, -0.15) is 4.68 Å². The Balaban J connectivity index is 1.40. The highest BCUT2D eigenvalue weighted by molar-refractivity contribution is 7.80. The van der Waals surface area contributed by atoms with Crippen LogP contribution in [0.15, 0.2) is 121 Å². The van der Waals surface area contributed by atoms with Crippen LogP contribution in [-0.2, 0) is 0 Å². The number of thiocarbonyl (C=S) groups is 1. The maximum absolute atomic E-state index is 5.60. The fourth-order valence-corrected chi connectivity index (χ4v) is 4.55. The van der Waals surface area contributed by atoms with E-state index in [1.54, 1.807) is 0 Å². The van der Waals surface area contributed by atoms with E-state index in [-0.39, 0.29) is 6.04 Å². The molecule has 2 heterocycles. The predicted octanol–water partition coefficient (Wildman–Crippen LogP) is 6.30. The van der Waals surface area contributed by atoms with Crippen molar-refractivity contribution in [2.24, 2.45) is 0 Å². The van der Waals surface area contributed by atoms with Crippen molar-refractivity contribution in [3.8, 4) is 33.9 Å². The van der Waals surface area contributed by atoms with Crippen LogP contribution in [0.3, 0.4) is 0 Å². The second kappa shape index (κ2) is 9.60. The molecule has 0 fully saturated rings. The van der Waals surface area contributed by atoms with Gasteiger partial charge in [0.05, 0.1) is 6.04 Å². The summed E-state index contributed by atoms with van der Waals surface area (Å²) in [6.45, 7) is 0. The standard InChI is InChI=1S/C30H23N5S/c36-30-31-26(23-18-16-22(17-19-23)21-10-4-1-5-11-21)20-27(32-30)35-29(25-14-8-3-9-15-25)33-28(34-35)24-12-6-2-7-13-24/h1-20,26H,(H2,31,32,36). The zero-order chi connectivity index (χ0) is 24.3. The Labute approximate surface area is 215 Å². The van der Waals surface area contributed by atoms with Crippen molar-refractivity contribution in [2.45, 2.75) is 6.04 Å². The first-order valence-corrected chi connectivity index (χ1v) is 12.2. The van der Waals surface area contributed by atoms with Crippen molar-refractivity contribution >= 4 is 23.2 Å². The molecule has 1 aliphatic rings. The van der Waals surface area contributed by atoms with E-state index in [0.29, 0.717) is 10.9 Å². The van der Waals surface area contributed by atoms with Crippen molar-refractivity contribution < 1.29 is 0 Å². The molecule has 5 nitrogen and oxygen atoms in total. The van der Waals surface area contributed by atoms with Crippen LogP contribution in [0.4, 0.5) is 0 Å². The molecule has 0 bridgehead atoms. The lowest BCUT2D eigenvalue weighted by atomic mass is 10.00. The molecule has 1 aliphatic heterocycles. The minimum absolute atomic E-state index is 0.105. The van der Waals surface area contributed by atoms with Crippen molar-refractivity contribution in [1.29, 1.82) is 0 Å². The average molecular weight is 486 g/mol. The van der Waals surface area contributed by atoms with E-state index < -0.39 is 0 Å². The SMILES string of the molecule is S=C1NC(n2nc(-c3ccccc3)nc2-c2ccccc2)=CC(c2ccc(-c3ccccc3)cc2)N1. The molecule has 1 unspecified atom stereocenters. The van der Waals surface area contributed by atoms with Crippen molar-refractivity contribution in [3.05, 3.63) is 127 Å². The topological polar surface area (TPSA) is 54.8 Å². The van der Waals surface area contributed by atoms with Gasteiger partial charge in [-0.1, -0.05) is 115 Å². The van der Waals surface area contributed by atoms with E-state index in [4.69, 9.17) is 22.3 Å². The highest BCUT2D eigenvalue weighted by atomic mass is 32.1. The molecular weight excluding hydrogens is 462 g/mol. The number of rotatable bonds is 5. The first-order chi connectivity index (χ1) is 17.7. The van der Waals surface area contributed by atoms with Crippen LogP contribution < -0.4 is 10.6 Å². The molecule has 0 radical (unpaired) electrons. The maximum atomic E-state index is 5.60. The molecule has 6 rings (SSSR count). The minimum atomic E-state index is -0.105. The number of benzene rings is 4. The van der Waals surface area contributed by atoms with E-state index in [1.165, 1.54) is 11.1 Å². The van der Waals surface area contributed by atoms with Crippen LogP contribution >= 0.6 is 12.2 Å². The molecule has 6 heteroatoms. The van der Waals surface area contributed by atoms with Crippen molar-refractivity contribution in [1.82, 2.24) is 25.4 Å². The normalized spacial score (nSPS) is 15.1. The Morgan fingerprint density at radius 2 is 1.19 bits per heavy atom. The summed E-state index contributed by atoms with van der Waals surface area (Å²) in [6.07, 6.45) is 2.10. The lowest BCUT2D eigenvalue weighted by Crippen LogP contribution is -2.42. The van der Waals surface area contributed by atoms with Gasteiger partial charge < -0.3 is 10.6 Å². The van der Waals surface area contributed by atoms with Gasteiger partial charge in [0.25, 0.3) is 0 Å². The Morgan fingerprint density at radius 3 is 1.83 bits per heavy atom. The third kappa shape index (κ3) is 4.42. The van der Waals surface area contributed by atoms with E-state index in [0.717, 1.165) is 28.3 Å². The summed E-state index contributed by atoms with van der Waals surface area (Å²) in [7, 11) is 0. The van der Waals surface area contributed by atoms with Gasteiger partial charge in [0.2, 0.25) is 0 Å². The van der Waals surface area contributed by atoms with Gasteiger partial charge in [0, 0.05) is 11.1 Å². The van der Waals surface area contributed by atoms with Gasteiger partial charge in [-0.15, -0.1) is 5.10 Å². The average Bonchev–Trinajstić information content (AvgIpc) is 3.40. The summed E-state index contributed by atoms with van der Waals surface area (Å²) >= 11 is 5.60. The fraction of sp³-hybridized carbons (Fsp3) is 0.0333. The van der Waals surface area contributed by atoms with Crippen LogP contribution in [-0.4, -0.2) is 19.9 Å². The molecule has 1 atom stereocenters. The van der Waals surface area contributed by atoms with E-state index in [1.807, 2.05) is 71.4 Å². The van der Waals surface area contributed by atoms with Crippen LogP contribution in [0.1, 0.15) is 11.6 Å². The van der Waals surface area contributed by atoms with E-state index in [9.17, 15) is 0 Å². The van der Waals surface area contributed by atoms with E-state index >= 15 is 0 Å². The zero-order valence-electron chi connectivity index (χ0n) is 19.4.